The van der Waals surface area contributed by atoms with Gasteiger partial charge in [0.25, 0.3) is 0 Å². The molecule has 0 aliphatic carbocycles. The van der Waals surface area contributed by atoms with E-state index in [1.54, 1.807) is 0 Å². The lowest BCUT2D eigenvalue weighted by atomic mass is 9.88. The maximum absolute atomic E-state index is 11.2. The number of carbonyl (C=O) groups is 1. The van der Waals surface area contributed by atoms with Gasteiger partial charge in [-0.05, 0) is 49.8 Å². The Balaban J connectivity index is 1.63. The predicted molar refractivity (Wildman–Crippen MR) is 113 cm³/mol. The lowest BCUT2D eigenvalue weighted by Crippen LogP contribution is -2.33. The third kappa shape index (κ3) is 5.05. The number of ether oxygens (including phenoxy) is 1. The van der Waals surface area contributed by atoms with Crippen molar-refractivity contribution in [2.24, 2.45) is 0 Å². The molecule has 0 spiro atoms. The molecule has 1 aromatic heterocycles. The molecule has 152 valence electrons. The molecule has 6 heteroatoms. The minimum Gasteiger partial charge on any atom is -0.478 e. The zero-order valence-corrected chi connectivity index (χ0v) is 17.3. The SMILES string of the molecule is CCOc1ccc(N2CCC(c3ccc([C@H](C)NC(C)=O)cc3)CC2)c(C#N)n1. The number of benzene rings is 1. The predicted octanol–water partition coefficient (Wildman–Crippen LogP) is 3.93. The largest absolute Gasteiger partial charge is 0.478 e. The summed E-state index contributed by atoms with van der Waals surface area (Å²) >= 11 is 0. The average Bonchev–Trinajstić information content (AvgIpc) is 2.74. The first-order chi connectivity index (χ1) is 14.0. The maximum atomic E-state index is 11.2. The number of piperidine rings is 1. The van der Waals surface area contributed by atoms with Crippen LogP contribution in [0.4, 0.5) is 5.69 Å². The van der Waals surface area contributed by atoms with Gasteiger partial charge in [-0.3, -0.25) is 4.79 Å². The molecule has 1 N–H and O–H groups in total. The number of rotatable bonds is 6. The molecule has 6 nitrogen and oxygen atoms in total. The number of nitrogens with zero attached hydrogens (tertiary/aromatic N) is 3. The van der Waals surface area contributed by atoms with Crippen LogP contribution in [0.5, 0.6) is 5.88 Å². The average molecular weight is 393 g/mol. The summed E-state index contributed by atoms with van der Waals surface area (Å²) in [4.78, 5) is 17.8. The van der Waals surface area contributed by atoms with E-state index in [2.05, 4.69) is 45.5 Å². The van der Waals surface area contributed by atoms with Crippen LogP contribution >= 0.6 is 0 Å². The lowest BCUT2D eigenvalue weighted by molar-refractivity contribution is -0.119. The van der Waals surface area contributed by atoms with Crippen LogP contribution in [-0.2, 0) is 4.79 Å². The lowest BCUT2D eigenvalue weighted by Gasteiger charge is -2.34. The molecular weight excluding hydrogens is 364 g/mol. The summed E-state index contributed by atoms with van der Waals surface area (Å²) in [5.41, 5.74) is 3.74. The molecular formula is C23H28N4O2. The molecule has 29 heavy (non-hydrogen) atoms. The van der Waals surface area contributed by atoms with E-state index < -0.39 is 0 Å². The van der Waals surface area contributed by atoms with Crippen molar-refractivity contribution in [2.75, 3.05) is 24.6 Å². The first-order valence-electron chi connectivity index (χ1n) is 10.2. The van der Waals surface area contributed by atoms with Crippen LogP contribution in [0.2, 0.25) is 0 Å². The van der Waals surface area contributed by atoms with E-state index in [4.69, 9.17) is 4.74 Å². The molecule has 0 radical (unpaired) electrons. The van der Waals surface area contributed by atoms with Crippen LogP contribution in [0.1, 0.15) is 62.4 Å². The van der Waals surface area contributed by atoms with Crippen LogP contribution in [0.15, 0.2) is 36.4 Å². The van der Waals surface area contributed by atoms with E-state index in [0.717, 1.165) is 37.2 Å². The number of carbonyl (C=O) groups excluding carboxylic acids is 1. The number of hydrogen-bond acceptors (Lipinski definition) is 5. The van der Waals surface area contributed by atoms with Gasteiger partial charge in [0.15, 0.2) is 5.69 Å². The Morgan fingerprint density at radius 3 is 2.55 bits per heavy atom. The zero-order valence-electron chi connectivity index (χ0n) is 17.3. The second-order valence-corrected chi connectivity index (χ2v) is 7.41. The summed E-state index contributed by atoms with van der Waals surface area (Å²) in [5.74, 6) is 0.975. The Kier molecular flexibility index (Phi) is 6.71. The molecule has 0 bridgehead atoms. The summed E-state index contributed by atoms with van der Waals surface area (Å²) in [7, 11) is 0. The second-order valence-electron chi connectivity index (χ2n) is 7.41. The quantitative estimate of drug-likeness (QED) is 0.806. The molecule has 1 amide bonds. The van der Waals surface area contributed by atoms with Crippen molar-refractivity contribution in [3.63, 3.8) is 0 Å². The monoisotopic (exact) mass is 392 g/mol. The molecule has 1 atom stereocenters. The summed E-state index contributed by atoms with van der Waals surface area (Å²) in [6, 6.07) is 14.5. The van der Waals surface area contributed by atoms with E-state index in [0.29, 0.717) is 24.1 Å². The molecule has 1 fully saturated rings. The van der Waals surface area contributed by atoms with Crippen molar-refractivity contribution in [1.82, 2.24) is 10.3 Å². The van der Waals surface area contributed by atoms with E-state index in [9.17, 15) is 10.1 Å². The number of nitriles is 1. The van der Waals surface area contributed by atoms with Gasteiger partial charge in [-0.15, -0.1) is 0 Å². The minimum atomic E-state index is -0.0190. The van der Waals surface area contributed by atoms with Gasteiger partial charge in [0, 0.05) is 26.1 Å². The summed E-state index contributed by atoms with van der Waals surface area (Å²) in [6.07, 6.45) is 2.05. The van der Waals surface area contributed by atoms with Gasteiger partial charge in [0.05, 0.1) is 18.3 Å². The molecule has 1 saturated heterocycles. The number of anilines is 1. The Labute approximate surface area is 172 Å². The van der Waals surface area contributed by atoms with Gasteiger partial charge < -0.3 is 15.0 Å². The van der Waals surface area contributed by atoms with Crippen molar-refractivity contribution in [1.29, 1.82) is 5.26 Å². The molecule has 2 heterocycles. The van der Waals surface area contributed by atoms with Gasteiger partial charge in [-0.2, -0.15) is 5.26 Å². The third-order valence-corrected chi connectivity index (χ3v) is 5.41. The smallest absolute Gasteiger partial charge is 0.217 e. The third-order valence-electron chi connectivity index (χ3n) is 5.41. The standard InChI is InChI=1S/C23H28N4O2/c1-4-29-23-10-9-22(21(15-24)26-23)27-13-11-20(12-14-27)19-7-5-18(6-8-19)16(2)25-17(3)28/h5-10,16,20H,4,11-14H2,1-3H3,(H,25,28)/t16-/m0/s1. The van der Waals surface area contributed by atoms with Crippen molar-refractivity contribution in [2.45, 2.75) is 45.6 Å². The molecule has 0 saturated carbocycles. The maximum Gasteiger partial charge on any atom is 0.217 e. The van der Waals surface area contributed by atoms with Crippen molar-refractivity contribution in [3.05, 3.63) is 53.2 Å². The fourth-order valence-corrected chi connectivity index (χ4v) is 3.90. The molecule has 3 rings (SSSR count). The van der Waals surface area contributed by atoms with Gasteiger partial charge in [-0.1, -0.05) is 24.3 Å². The Hall–Kier alpha value is -3.07. The van der Waals surface area contributed by atoms with Crippen molar-refractivity contribution in [3.8, 4) is 11.9 Å². The first-order valence-corrected chi connectivity index (χ1v) is 10.2. The summed E-state index contributed by atoms with van der Waals surface area (Å²) in [6.45, 7) is 7.74. The van der Waals surface area contributed by atoms with E-state index in [1.807, 2.05) is 26.0 Å². The van der Waals surface area contributed by atoms with Gasteiger partial charge in [-0.25, -0.2) is 4.98 Å². The normalized spacial score (nSPS) is 15.4. The van der Waals surface area contributed by atoms with Gasteiger partial charge in [0.2, 0.25) is 11.8 Å². The molecule has 0 unspecified atom stereocenters. The fraction of sp³-hybridized carbons (Fsp3) is 0.435. The number of aromatic nitrogens is 1. The highest BCUT2D eigenvalue weighted by Gasteiger charge is 2.23. The van der Waals surface area contributed by atoms with Crippen molar-refractivity contribution < 1.29 is 9.53 Å². The molecule has 2 aromatic rings. The molecule has 1 aromatic carbocycles. The fourth-order valence-electron chi connectivity index (χ4n) is 3.90. The van der Waals surface area contributed by atoms with E-state index in [1.165, 1.54) is 12.5 Å². The topological polar surface area (TPSA) is 78.2 Å². The highest BCUT2D eigenvalue weighted by atomic mass is 16.5. The van der Waals surface area contributed by atoms with E-state index in [-0.39, 0.29) is 11.9 Å². The highest BCUT2D eigenvalue weighted by molar-refractivity contribution is 5.73. The van der Waals surface area contributed by atoms with Gasteiger partial charge >= 0.3 is 0 Å². The summed E-state index contributed by atoms with van der Waals surface area (Å²) in [5, 5.41) is 12.4. The molecule has 1 aliphatic rings. The summed E-state index contributed by atoms with van der Waals surface area (Å²) < 4.78 is 5.41. The Morgan fingerprint density at radius 2 is 1.97 bits per heavy atom. The first kappa shape index (κ1) is 20.7. The second kappa shape index (κ2) is 9.42. The number of hydrogen-bond donors (Lipinski definition) is 1. The zero-order chi connectivity index (χ0) is 20.8. The Bertz CT molecular complexity index is 881. The minimum absolute atomic E-state index is 0.0139. The van der Waals surface area contributed by atoms with Crippen LogP contribution in [-0.4, -0.2) is 30.6 Å². The molecule has 1 aliphatic heterocycles. The number of amides is 1. The van der Waals surface area contributed by atoms with Crippen LogP contribution in [0, 0.1) is 11.3 Å². The van der Waals surface area contributed by atoms with Crippen LogP contribution in [0.25, 0.3) is 0 Å². The van der Waals surface area contributed by atoms with E-state index >= 15 is 0 Å². The van der Waals surface area contributed by atoms with Crippen LogP contribution < -0.4 is 15.0 Å². The Morgan fingerprint density at radius 1 is 1.28 bits per heavy atom. The highest BCUT2D eigenvalue weighted by Crippen LogP contribution is 2.32. The van der Waals surface area contributed by atoms with Crippen molar-refractivity contribution >= 4 is 11.6 Å². The van der Waals surface area contributed by atoms with Gasteiger partial charge in [0.1, 0.15) is 6.07 Å². The number of pyridine rings is 1. The van der Waals surface area contributed by atoms with Crippen LogP contribution in [0.3, 0.4) is 0 Å². The number of nitrogens with one attached hydrogen (secondary N) is 1.